The van der Waals surface area contributed by atoms with Gasteiger partial charge < -0.3 is 0 Å². The molecule has 3 nitrogen and oxygen atoms in total. The first-order chi connectivity index (χ1) is 10.0. The predicted octanol–water partition coefficient (Wildman–Crippen LogP) is 3.72. The second kappa shape index (κ2) is 6.09. The van der Waals surface area contributed by atoms with Crippen molar-refractivity contribution in [3.63, 3.8) is 0 Å². The Kier molecular flexibility index (Phi) is 4.36. The Hall–Kier alpha value is -0.870. The van der Waals surface area contributed by atoms with E-state index in [0.717, 1.165) is 18.8 Å². The van der Waals surface area contributed by atoms with E-state index in [1.54, 1.807) is 0 Å². The molecule has 2 aliphatic rings. The summed E-state index contributed by atoms with van der Waals surface area (Å²) in [5.74, 6) is 1.59. The normalized spacial score (nSPS) is 33.4. The van der Waals surface area contributed by atoms with Crippen LogP contribution in [0.1, 0.15) is 50.0 Å². The molecule has 4 heteroatoms. The molecule has 0 saturated heterocycles. The fourth-order valence-corrected chi connectivity index (χ4v) is 4.89. The van der Waals surface area contributed by atoms with E-state index < -0.39 is 10.1 Å². The minimum Gasteiger partial charge on any atom is -0.266 e. The van der Waals surface area contributed by atoms with Gasteiger partial charge in [0.15, 0.2) is 0 Å². The summed E-state index contributed by atoms with van der Waals surface area (Å²) >= 11 is 0. The third kappa shape index (κ3) is 3.67. The molecule has 21 heavy (non-hydrogen) atoms. The highest BCUT2D eigenvalue weighted by Gasteiger charge is 2.40. The van der Waals surface area contributed by atoms with Gasteiger partial charge in [-0.05, 0) is 30.2 Å². The first-order valence-electron chi connectivity index (χ1n) is 7.96. The summed E-state index contributed by atoms with van der Waals surface area (Å²) in [5, 5.41) is 0. The highest BCUT2D eigenvalue weighted by molar-refractivity contribution is 7.86. The first-order valence-corrected chi connectivity index (χ1v) is 9.78. The lowest BCUT2D eigenvalue weighted by Gasteiger charge is -2.43. The van der Waals surface area contributed by atoms with E-state index in [4.69, 9.17) is 4.18 Å². The predicted molar refractivity (Wildman–Crippen MR) is 83.6 cm³/mol. The Morgan fingerprint density at radius 3 is 2.24 bits per heavy atom. The summed E-state index contributed by atoms with van der Waals surface area (Å²) < 4.78 is 28.7. The Morgan fingerprint density at radius 1 is 1.00 bits per heavy atom. The lowest BCUT2D eigenvalue weighted by molar-refractivity contribution is 0.0496. The van der Waals surface area contributed by atoms with E-state index in [1.807, 2.05) is 18.2 Å². The van der Waals surface area contributed by atoms with Gasteiger partial charge in [-0.15, -0.1) is 0 Å². The topological polar surface area (TPSA) is 43.4 Å². The minimum absolute atomic E-state index is 0.193. The van der Waals surface area contributed by atoms with Crippen LogP contribution in [-0.2, 0) is 14.3 Å². The zero-order valence-corrected chi connectivity index (χ0v) is 13.4. The second-order valence-electron chi connectivity index (χ2n) is 6.63. The van der Waals surface area contributed by atoms with E-state index in [0.29, 0.717) is 5.92 Å². The second-order valence-corrected chi connectivity index (χ2v) is 8.23. The van der Waals surface area contributed by atoms with Crippen LogP contribution in [0.15, 0.2) is 30.3 Å². The van der Waals surface area contributed by atoms with Crippen molar-refractivity contribution >= 4 is 10.1 Å². The monoisotopic (exact) mass is 308 g/mol. The summed E-state index contributed by atoms with van der Waals surface area (Å²) in [5.41, 5.74) is 1.22. The van der Waals surface area contributed by atoms with Gasteiger partial charge in [0, 0.05) is 5.92 Å². The molecule has 0 aliphatic heterocycles. The van der Waals surface area contributed by atoms with Crippen molar-refractivity contribution in [1.29, 1.82) is 0 Å². The molecule has 2 saturated carbocycles. The van der Waals surface area contributed by atoms with E-state index in [-0.39, 0.29) is 12.0 Å². The van der Waals surface area contributed by atoms with Crippen LogP contribution in [0, 0.1) is 11.8 Å². The van der Waals surface area contributed by atoms with E-state index in [1.165, 1.54) is 37.5 Å². The molecule has 2 fully saturated rings. The fraction of sp³-hybridized carbons (Fsp3) is 0.647. The van der Waals surface area contributed by atoms with Crippen LogP contribution < -0.4 is 0 Å². The van der Waals surface area contributed by atoms with Crippen LogP contribution in [0.5, 0.6) is 0 Å². The molecule has 0 unspecified atom stereocenters. The van der Waals surface area contributed by atoms with Gasteiger partial charge in [0.25, 0.3) is 10.1 Å². The quantitative estimate of drug-likeness (QED) is 0.799. The molecule has 0 amide bonds. The van der Waals surface area contributed by atoms with E-state index in [2.05, 4.69) is 12.1 Å². The maximum atomic E-state index is 11.6. The molecule has 4 atom stereocenters. The highest BCUT2D eigenvalue weighted by Crippen LogP contribution is 2.47. The number of hydrogen-bond donors (Lipinski definition) is 0. The van der Waals surface area contributed by atoms with Crippen LogP contribution in [0.4, 0.5) is 0 Å². The third-order valence-electron chi connectivity index (χ3n) is 5.13. The molecular formula is C17H24O3S. The third-order valence-corrected chi connectivity index (χ3v) is 5.73. The molecule has 0 radical (unpaired) electrons. The molecule has 1 aromatic rings. The van der Waals surface area contributed by atoms with Crippen molar-refractivity contribution in [3.05, 3.63) is 35.9 Å². The van der Waals surface area contributed by atoms with Crippen molar-refractivity contribution in [1.82, 2.24) is 0 Å². The van der Waals surface area contributed by atoms with Crippen LogP contribution in [-0.4, -0.2) is 20.8 Å². The average molecular weight is 308 g/mol. The van der Waals surface area contributed by atoms with Gasteiger partial charge in [0.05, 0.1) is 12.4 Å². The summed E-state index contributed by atoms with van der Waals surface area (Å²) in [7, 11) is -3.40. The summed E-state index contributed by atoms with van der Waals surface area (Å²) in [6.45, 7) is 0. The van der Waals surface area contributed by atoms with Gasteiger partial charge in [-0.3, -0.25) is 4.18 Å². The lowest BCUT2D eigenvalue weighted by atomic mass is 9.65. The molecule has 2 aliphatic carbocycles. The van der Waals surface area contributed by atoms with Crippen molar-refractivity contribution in [2.45, 2.75) is 50.5 Å². The molecular weight excluding hydrogens is 284 g/mol. The average Bonchev–Trinajstić information content (AvgIpc) is 2.46. The SMILES string of the molecule is CS(=O)(=O)O[C@H]1C[C@H]2CCCC[C@@H]2C[C@H]1c1ccccc1. The van der Waals surface area contributed by atoms with Gasteiger partial charge in [-0.25, -0.2) is 0 Å². The molecule has 0 aromatic heterocycles. The Labute approximate surface area is 127 Å². The fourth-order valence-electron chi connectivity index (χ4n) is 4.23. The number of hydrogen-bond acceptors (Lipinski definition) is 3. The molecule has 0 bridgehead atoms. The maximum absolute atomic E-state index is 11.6. The molecule has 3 rings (SSSR count). The largest absolute Gasteiger partial charge is 0.266 e. The standard InChI is InChI=1S/C17H24O3S/c1-21(18,19)20-17-12-15-10-6-5-9-14(15)11-16(17)13-7-3-2-4-8-13/h2-4,7-8,14-17H,5-6,9-12H2,1H3/t14-,15-,16+,17+/m1/s1. The van der Waals surface area contributed by atoms with Gasteiger partial charge in [0.2, 0.25) is 0 Å². The van der Waals surface area contributed by atoms with E-state index >= 15 is 0 Å². The Balaban J connectivity index is 1.85. The van der Waals surface area contributed by atoms with Crippen LogP contribution >= 0.6 is 0 Å². The Morgan fingerprint density at radius 2 is 1.62 bits per heavy atom. The molecule has 0 N–H and O–H groups in total. The van der Waals surface area contributed by atoms with Gasteiger partial charge in [-0.2, -0.15) is 8.42 Å². The molecule has 1 aromatic carbocycles. The zero-order valence-electron chi connectivity index (χ0n) is 12.6. The lowest BCUT2D eigenvalue weighted by Crippen LogP contribution is -2.38. The minimum atomic E-state index is -3.40. The van der Waals surface area contributed by atoms with E-state index in [9.17, 15) is 8.42 Å². The van der Waals surface area contributed by atoms with Crippen molar-refractivity contribution in [3.8, 4) is 0 Å². The van der Waals surface area contributed by atoms with Gasteiger partial charge in [-0.1, -0.05) is 56.0 Å². The van der Waals surface area contributed by atoms with Gasteiger partial charge >= 0.3 is 0 Å². The van der Waals surface area contributed by atoms with Crippen LogP contribution in [0.3, 0.4) is 0 Å². The molecule has 116 valence electrons. The van der Waals surface area contributed by atoms with Crippen LogP contribution in [0.2, 0.25) is 0 Å². The number of rotatable bonds is 3. The zero-order chi connectivity index (χ0) is 14.9. The maximum Gasteiger partial charge on any atom is 0.264 e. The van der Waals surface area contributed by atoms with Crippen molar-refractivity contribution < 1.29 is 12.6 Å². The Bertz CT molecular complexity index is 567. The highest BCUT2D eigenvalue weighted by atomic mass is 32.2. The smallest absolute Gasteiger partial charge is 0.264 e. The van der Waals surface area contributed by atoms with Crippen molar-refractivity contribution in [2.24, 2.45) is 11.8 Å². The van der Waals surface area contributed by atoms with Crippen molar-refractivity contribution in [2.75, 3.05) is 6.26 Å². The number of fused-ring (bicyclic) bond motifs is 1. The molecule has 0 spiro atoms. The molecule has 0 heterocycles. The summed E-state index contributed by atoms with van der Waals surface area (Å²) in [6, 6.07) is 10.3. The number of benzene rings is 1. The summed E-state index contributed by atoms with van der Waals surface area (Å²) in [4.78, 5) is 0. The van der Waals surface area contributed by atoms with Crippen LogP contribution in [0.25, 0.3) is 0 Å². The first kappa shape index (κ1) is 15.0. The van der Waals surface area contributed by atoms with Gasteiger partial charge in [0.1, 0.15) is 0 Å². The summed E-state index contributed by atoms with van der Waals surface area (Å²) in [6.07, 6.45) is 8.05.